The minimum Gasteiger partial charge on any atom is -0.389 e. The summed E-state index contributed by atoms with van der Waals surface area (Å²) in [5, 5.41) is 10.1. The van der Waals surface area contributed by atoms with Crippen molar-refractivity contribution in [2.45, 2.75) is 45.4 Å². The van der Waals surface area contributed by atoms with Gasteiger partial charge in [0.15, 0.2) is 0 Å². The van der Waals surface area contributed by atoms with E-state index >= 15 is 0 Å². The van der Waals surface area contributed by atoms with Gasteiger partial charge in [-0.3, -0.25) is 0 Å². The fourth-order valence-corrected chi connectivity index (χ4v) is 3.57. The van der Waals surface area contributed by atoms with Crippen molar-refractivity contribution in [3.8, 4) is 0 Å². The zero-order valence-corrected chi connectivity index (χ0v) is 12.8. The highest BCUT2D eigenvalue weighted by Gasteiger charge is 2.38. The number of aliphatic hydroxyl groups is 1. The van der Waals surface area contributed by atoms with Crippen molar-refractivity contribution in [2.24, 2.45) is 0 Å². The van der Waals surface area contributed by atoms with Crippen molar-refractivity contribution in [1.29, 1.82) is 0 Å². The molecule has 114 valence electrons. The molecule has 1 rings (SSSR count). The lowest BCUT2D eigenvalue weighted by molar-refractivity contribution is 0.0175. The van der Waals surface area contributed by atoms with Gasteiger partial charge in [0.25, 0.3) is 0 Å². The van der Waals surface area contributed by atoms with Crippen molar-refractivity contribution >= 4 is 10.0 Å². The molecule has 0 spiro atoms. The van der Waals surface area contributed by atoms with E-state index in [0.717, 1.165) is 13.1 Å². The van der Waals surface area contributed by atoms with E-state index in [1.165, 1.54) is 0 Å². The second-order valence-corrected chi connectivity index (χ2v) is 6.76. The number of hydrogen-bond acceptors (Lipinski definition) is 5. The summed E-state index contributed by atoms with van der Waals surface area (Å²) >= 11 is 0. The Morgan fingerprint density at radius 2 is 1.95 bits per heavy atom. The number of aliphatic hydroxyl groups excluding tert-OH is 1. The van der Waals surface area contributed by atoms with Crippen LogP contribution in [0.1, 0.15) is 27.2 Å². The van der Waals surface area contributed by atoms with Crippen LogP contribution in [-0.2, 0) is 14.8 Å². The molecule has 1 saturated heterocycles. The molecule has 0 aromatic heterocycles. The monoisotopic (exact) mass is 294 g/mol. The summed E-state index contributed by atoms with van der Waals surface area (Å²) in [6, 6.07) is -0.530. The fraction of sp³-hybridized carbons (Fsp3) is 1.00. The van der Waals surface area contributed by atoms with Crippen LogP contribution < -0.4 is 4.72 Å². The summed E-state index contributed by atoms with van der Waals surface area (Å²) in [6.07, 6.45) is -0.552. The molecule has 7 heteroatoms. The smallest absolute Gasteiger partial charge is 0.212 e. The number of ether oxygens (including phenoxy) is 1. The van der Waals surface area contributed by atoms with Gasteiger partial charge in [0.1, 0.15) is 0 Å². The summed E-state index contributed by atoms with van der Waals surface area (Å²) in [7, 11) is -3.31. The van der Waals surface area contributed by atoms with Crippen molar-refractivity contribution in [2.75, 3.05) is 32.0 Å². The maximum Gasteiger partial charge on any atom is 0.212 e. The minimum atomic E-state index is -3.31. The second-order valence-electron chi connectivity index (χ2n) is 4.89. The zero-order chi connectivity index (χ0) is 14.5. The van der Waals surface area contributed by atoms with E-state index in [0.29, 0.717) is 13.0 Å². The molecule has 19 heavy (non-hydrogen) atoms. The molecule has 3 atom stereocenters. The van der Waals surface area contributed by atoms with Crippen LogP contribution in [0.3, 0.4) is 0 Å². The van der Waals surface area contributed by atoms with Gasteiger partial charge in [-0.1, -0.05) is 20.8 Å². The van der Waals surface area contributed by atoms with Gasteiger partial charge >= 0.3 is 0 Å². The highest BCUT2D eigenvalue weighted by Crippen LogP contribution is 2.16. The first kappa shape index (κ1) is 16.8. The summed E-state index contributed by atoms with van der Waals surface area (Å²) in [5.41, 5.74) is 0. The molecule has 1 aliphatic heterocycles. The topological polar surface area (TPSA) is 78.9 Å². The van der Waals surface area contributed by atoms with Gasteiger partial charge in [-0.2, -0.15) is 0 Å². The Kier molecular flexibility index (Phi) is 6.68. The predicted octanol–water partition coefficient (Wildman–Crippen LogP) is -0.214. The number of hydrogen-bond donors (Lipinski definition) is 2. The number of nitrogens with zero attached hydrogens (tertiary/aromatic N) is 1. The number of rotatable bonds is 8. The summed E-state index contributed by atoms with van der Waals surface area (Å²) < 4.78 is 31.4. The largest absolute Gasteiger partial charge is 0.389 e. The molecular formula is C12H26N2O4S. The lowest BCUT2D eigenvalue weighted by Gasteiger charge is -2.24. The third-order valence-electron chi connectivity index (χ3n) is 3.42. The van der Waals surface area contributed by atoms with Crippen LogP contribution in [0.2, 0.25) is 0 Å². The number of likely N-dealkylation sites (N-methyl/N-ethyl adjacent to an activating group) is 1. The van der Waals surface area contributed by atoms with E-state index in [-0.39, 0.29) is 18.5 Å². The van der Waals surface area contributed by atoms with Gasteiger partial charge in [0.05, 0.1) is 30.6 Å². The minimum absolute atomic E-state index is 0.0803. The van der Waals surface area contributed by atoms with Gasteiger partial charge in [0, 0.05) is 6.54 Å². The molecule has 0 amide bonds. The SMILES string of the molecule is CCCS(=O)(=O)N[C@@H]1CO[C@@H](CN(CC)CC)[C@@H]1O. The van der Waals surface area contributed by atoms with Gasteiger partial charge in [-0.05, 0) is 19.5 Å². The Bertz CT molecular complexity index is 357. The number of sulfonamides is 1. The van der Waals surface area contributed by atoms with Crippen LogP contribution in [-0.4, -0.2) is 68.7 Å². The van der Waals surface area contributed by atoms with Crippen LogP contribution >= 0.6 is 0 Å². The van der Waals surface area contributed by atoms with E-state index in [2.05, 4.69) is 9.62 Å². The normalized spacial score (nSPS) is 28.2. The molecule has 1 fully saturated rings. The Morgan fingerprint density at radius 1 is 1.32 bits per heavy atom. The van der Waals surface area contributed by atoms with Gasteiger partial charge < -0.3 is 14.7 Å². The van der Waals surface area contributed by atoms with E-state index in [1.807, 2.05) is 20.8 Å². The highest BCUT2D eigenvalue weighted by molar-refractivity contribution is 7.89. The van der Waals surface area contributed by atoms with Crippen LogP contribution in [0.15, 0.2) is 0 Å². The highest BCUT2D eigenvalue weighted by atomic mass is 32.2. The quantitative estimate of drug-likeness (QED) is 0.647. The van der Waals surface area contributed by atoms with Crippen LogP contribution in [0.4, 0.5) is 0 Å². The van der Waals surface area contributed by atoms with E-state index < -0.39 is 22.2 Å². The molecule has 1 aliphatic rings. The molecule has 0 bridgehead atoms. The Labute approximate surface area is 116 Å². The van der Waals surface area contributed by atoms with Crippen molar-refractivity contribution < 1.29 is 18.3 Å². The third-order valence-corrected chi connectivity index (χ3v) is 5.03. The summed E-state index contributed by atoms with van der Waals surface area (Å²) in [4.78, 5) is 2.15. The lowest BCUT2D eigenvalue weighted by atomic mass is 10.1. The first-order valence-corrected chi connectivity index (χ1v) is 8.60. The van der Waals surface area contributed by atoms with Crippen molar-refractivity contribution in [3.63, 3.8) is 0 Å². The van der Waals surface area contributed by atoms with E-state index in [9.17, 15) is 13.5 Å². The molecule has 1 heterocycles. The number of nitrogens with one attached hydrogen (secondary N) is 1. The van der Waals surface area contributed by atoms with Gasteiger partial charge in [-0.25, -0.2) is 13.1 Å². The predicted molar refractivity (Wildman–Crippen MR) is 74.5 cm³/mol. The Balaban J connectivity index is 2.53. The maximum absolute atomic E-state index is 11.7. The van der Waals surface area contributed by atoms with Crippen molar-refractivity contribution in [1.82, 2.24) is 9.62 Å². The van der Waals surface area contributed by atoms with Crippen molar-refractivity contribution in [3.05, 3.63) is 0 Å². The molecule has 0 aromatic rings. The first-order valence-electron chi connectivity index (χ1n) is 6.95. The van der Waals surface area contributed by atoms with Crippen LogP contribution in [0.25, 0.3) is 0 Å². The molecule has 2 N–H and O–H groups in total. The molecule has 0 unspecified atom stereocenters. The standard InChI is InChI=1S/C12H26N2O4S/c1-4-7-19(16,17)13-10-9-18-11(12(10)15)8-14(5-2)6-3/h10-13,15H,4-9H2,1-3H3/t10-,11+,12-/m1/s1. The van der Waals surface area contributed by atoms with Gasteiger partial charge in [0.2, 0.25) is 10.0 Å². The first-order chi connectivity index (χ1) is 8.93. The van der Waals surface area contributed by atoms with Crippen LogP contribution in [0, 0.1) is 0 Å². The average Bonchev–Trinajstić information content (AvgIpc) is 2.67. The zero-order valence-electron chi connectivity index (χ0n) is 12.0. The average molecular weight is 294 g/mol. The lowest BCUT2D eigenvalue weighted by Crippen LogP contribution is -2.47. The molecule has 0 radical (unpaired) electrons. The van der Waals surface area contributed by atoms with Gasteiger partial charge in [-0.15, -0.1) is 0 Å². The molecule has 0 aliphatic carbocycles. The maximum atomic E-state index is 11.7. The molecule has 6 nitrogen and oxygen atoms in total. The fourth-order valence-electron chi connectivity index (χ4n) is 2.24. The van der Waals surface area contributed by atoms with E-state index in [1.54, 1.807) is 0 Å². The molecule has 0 saturated carbocycles. The van der Waals surface area contributed by atoms with Crippen LogP contribution in [0.5, 0.6) is 0 Å². The second kappa shape index (κ2) is 7.54. The molecule has 0 aromatic carbocycles. The summed E-state index contributed by atoms with van der Waals surface area (Å²) in [6.45, 7) is 8.53. The Hall–Kier alpha value is -0.210. The Morgan fingerprint density at radius 3 is 2.47 bits per heavy atom. The third kappa shape index (κ3) is 5.00. The molecular weight excluding hydrogens is 268 g/mol. The van der Waals surface area contributed by atoms with E-state index in [4.69, 9.17) is 4.74 Å². The summed E-state index contributed by atoms with van der Waals surface area (Å²) in [5.74, 6) is 0.0803.